The van der Waals surface area contributed by atoms with E-state index in [-0.39, 0.29) is 30.9 Å². The highest BCUT2D eigenvalue weighted by Crippen LogP contribution is 2.64. The minimum atomic E-state index is -1.02. The van der Waals surface area contributed by atoms with Crippen LogP contribution in [0.15, 0.2) is 30.3 Å². The van der Waals surface area contributed by atoms with Crippen molar-refractivity contribution in [3.05, 3.63) is 30.3 Å². The highest BCUT2D eigenvalue weighted by molar-refractivity contribution is 6.02. The number of benzene rings is 1. The summed E-state index contributed by atoms with van der Waals surface area (Å²) in [5.41, 5.74) is -1.11. The van der Waals surface area contributed by atoms with Gasteiger partial charge in [0.15, 0.2) is 0 Å². The first-order valence-electron chi connectivity index (χ1n) is 12.7. The van der Waals surface area contributed by atoms with Crippen LogP contribution < -0.4 is 10.6 Å². The SMILES string of the molecule is CCCCCNC(=O)C1N(CCCO)C(=O)[C@@H]2[C@H](C(=O)Nc3ccccc3)[C@]3(CC)CCC12O3. The first-order chi connectivity index (χ1) is 16.4. The fourth-order valence-electron chi connectivity index (χ4n) is 6.32. The Labute approximate surface area is 201 Å². The second-order valence-corrected chi connectivity index (χ2v) is 9.80. The molecule has 0 aliphatic carbocycles. The number of ether oxygens (including phenoxy) is 1. The molecule has 5 atom stereocenters. The predicted molar refractivity (Wildman–Crippen MR) is 128 cm³/mol. The Bertz CT molecular complexity index is 909. The number of aliphatic hydroxyl groups is 1. The van der Waals surface area contributed by atoms with E-state index < -0.39 is 29.1 Å². The average molecular weight is 472 g/mol. The molecular weight excluding hydrogens is 434 g/mol. The normalized spacial score (nSPS) is 31.6. The van der Waals surface area contributed by atoms with Gasteiger partial charge in [-0.1, -0.05) is 44.9 Å². The number of para-hydroxylation sites is 1. The first kappa shape index (κ1) is 24.7. The number of rotatable bonds is 11. The van der Waals surface area contributed by atoms with E-state index in [1.165, 1.54) is 0 Å². The molecule has 8 nitrogen and oxygen atoms in total. The van der Waals surface area contributed by atoms with E-state index in [0.29, 0.717) is 37.9 Å². The van der Waals surface area contributed by atoms with Gasteiger partial charge in [0.05, 0.1) is 17.4 Å². The van der Waals surface area contributed by atoms with Gasteiger partial charge in [0, 0.05) is 25.4 Å². The van der Waals surface area contributed by atoms with Crippen LogP contribution in [0, 0.1) is 11.8 Å². The van der Waals surface area contributed by atoms with Gasteiger partial charge < -0.3 is 25.4 Å². The zero-order valence-corrected chi connectivity index (χ0v) is 20.2. The summed E-state index contributed by atoms with van der Waals surface area (Å²) in [6.07, 6.45) is 5.09. The van der Waals surface area contributed by atoms with E-state index in [2.05, 4.69) is 17.6 Å². The summed E-state index contributed by atoms with van der Waals surface area (Å²) in [4.78, 5) is 42.4. The maximum Gasteiger partial charge on any atom is 0.245 e. The predicted octanol–water partition coefficient (Wildman–Crippen LogP) is 2.47. The molecule has 3 fully saturated rings. The molecule has 3 N–H and O–H groups in total. The molecular formula is C26H37N3O5. The van der Waals surface area contributed by atoms with E-state index in [1.807, 2.05) is 37.3 Å². The van der Waals surface area contributed by atoms with Gasteiger partial charge in [0.2, 0.25) is 17.7 Å². The van der Waals surface area contributed by atoms with E-state index in [1.54, 1.807) is 4.90 Å². The summed E-state index contributed by atoms with van der Waals surface area (Å²) in [7, 11) is 0. The smallest absolute Gasteiger partial charge is 0.245 e. The van der Waals surface area contributed by atoms with Gasteiger partial charge in [-0.2, -0.15) is 0 Å². The number of likely N-dealkylation sites (tertiary alicyclic amines) is 1. The Balaban J connectivity index is 1.66. The average Bonchev–Trinajstić information content (AvgIpc) is 3.44. The van der Waals surface area contributed by atoms with Crippen LogP contribution in [0.4, 0.5) is 5.69 Å². The molecule has 0 saturated carbocycles. The maximum atomic E-state index is 13.8. The first-order valence-corrected chi connectivity index (χ1v) is 12.7. The Hall–Kier alpha value is -2.45. The summed E-state index contributed by atoms with van der Waals surface area (Å²) >= 11 is 0. The number of hydrogen-bond acceptors (Lipinski definition) is 5. The molecule has 8 heteroatoms. The van der Waals surface area contributed by atoms with Crippen molar-refractivity contribution in [2.24, 2.45) is 11.8 Å². The van der Waals surface area contributed by atoms with Crippen LogP contribution in [0.3, 0.4) is 0 Å². The van der Waals surface area contributed by atoms with Crippen LogP contribution in [-0.4, -0.2) is 64.7 Å². The molecule has 1 spiro atoms. The number of unbranched alkanes of at least 4 members (excludes halogenated alkanes) is 2. The molecule has 34 heavy (non-hydrogen) atoms. The van der Waals surface area contributed by atoms with Crippen molar-refractivity contribution in [3.8, 4) is 0 Å². The highest BCUT2D eigenvalue weighted by atomic mass is 16.5. The second-order valence-electron chi connectivity index (χ2n) is 9.80. The lowest BCUT2D eigenvalue weighted by Crippen LogP contribution is -2.55. The zero-order chi connectivity index (χ0) is 24.3. The van der Waals surface area contributed by atoms with Crippen LogP contribution in [0.5, 0.6) is 0 Å². The lowest BCUT2D eigenvalue weighted by atomic mass is 9.65. The summed E-state index contributed by atoms with van der Waals surface area (Å²) in [5, 5.41) is 15.4. The van der Waals surface area contributed by atoms with Crippen molar-refractivity contribution in [1.82, 2.24) is 10.2 Å². The molecule has 1 aromatic rings. The lowest BCUT2D eigenvalue weighted by Gasteiger charge is -2.34. The molecule has 3 aliphatic rings. The quantitative estimate of drug-likeness (QED) is 0.430. The number of fused-ring (bicyclic) bond motifs is 1. The molecule has 0 radical (unpaired) electrons. The fraction of sp³-hybridized carbons (Fsp3) is 0.654. The number of carbonyl (C=O) groups is 3. The number of amides is 3. The van der Waals surface area contributed by atoms with Gasteiger partial charge in [-0.15, -0.1) is 0 Å². The standard InChI is InChI=1S/C26H37N3O5/c1-3-5-9-15-27-23(32)21-26-14-13-25(4-2,34-26)19(20(26)24(33)29(21)16-10-17-30)22(31)28-18-11-7-6-8-12-18/h6-8,11-12,19-21,30H,3-5,9-10,13-17H2,1-2H3,(H,27,32)(H,28,31)/t19-,20+,21?,25+,26?/m1/s1. The molecule has 186 valence electrons. The maximum absolute atomic E-state index is 13.8. The van der Waals surface area contributed by atoms with Gasteiger partial charge in [-0.3, -0.25) is 14.4 Å². The van der Waals surface area contributed by atoms with E-state index in [9.17, 15) is 19.5 Å². The van der Waals surface area contributed by atoms with Gasteiger partial charge in [0.1, 0.15) is 11.6 Å². The Kier molecular flexibility index (Phi) is 7.28. The zero-order valence-electron chi connectivity index (χ0n) is 20.2. The molecule has 3 heterocycles. The van der Waals surface area contributed by atoms with Gasteiger partial charge in [-0.05, 0) is 44.2 Å². The van der Waals surface area contributed by atoms with Crippen molar-refractivity contribution in [2.75, 3.05) is 25.0 Å². The third-order valence-corrected chi connectivity index (χ3v) is 7.89. The van der Waals surface area contributed by atoms with Crippen LogP contribution in [0.25, 0.3) is 0 Å². The van der Waals surface area contributed by atoms with Crippen LogP contribution >= 0.6 is 0 Å². The van der Waals surface area contributed by atoms with Crippen LogP contribution in [0.1, 0.15) is 58.8 Å². The fourth-order valence-corrected chi connectivity index (χ4v) is 6.32. The highest BCUT2D eigenvalue weighted by Gasteiger charge is 2.78. The molecule has 4 rings (SSSR count). The van der Waals surface area contributed by atoms with Gasteiger partial charge >= 0.3 is 0 Å². The van der Waals surface area contributed by atoms with E-state index in [0.717, 1.165) is 19.3 Å². The topological polar surface area (TPSA) is 108 Å². The molecule has 3 saturated heterocycles. The Morgan fingerprint density at radius 2 is 1.88 bits per heavy atom. The molecule has 3 aliphatic heterocycles. The molecule has 0 aromatic heterocycles. The third kappa shape index (κ3) is 4.01. The van der Waals surface area contributed by atoms with Crippen molar-refractivity contribution in [3.63, 3.8) is 0 Å². The number of aliphatic hydroxyl groups excluding tert-OH is 1. The molecule has 2 bridgehead atoms. The minimum absolute atomic E-state index is 0.0794. The molecule has 2 unspecified atom stereocenters. The van der Waals surface area contributed by atoms with Crippen molar-refractivity contribution in [1.29, 1.82) is 0 Å². The van der Waals surface area contributed by atoms with Crippen LogP contribution in [-0.2, 0) is 19.1 Å². The van der Waals surface area contributed by atoms with Gasteiger partial charge in [0.25, 0.3) is 0 Å². The monoisotopic (exact) mass is 471 g/mol. The number of hydrogen-bond donors (Lipinski definition) is 3. The van der Waals surface area contributed by atoms with Crippen molar-refractivity contribution < 1.29 is 24.2 Å². The summed E-state index contributed by atoms with van der Waals surface area (Å²) in [5.74, 6) is -2.06. The van der Waals surface area contributed by atoms with Crippen LogP contribution in [0.2, 0.25) is 0 Å². The number of anilines is 1. The summed E-state index contributed by atoms with van der Waals surface area (Å²) in [6.45, 7) is 4.81. The largest absolute Gasteiger partial charge is 0.396 e. The Morgan fingerprint density at radius 3 is 2.56 bits per heavy atom. The summed E-state index contributed by atoms with van der Waals surface area (Å²) in [6, 6.07) is 8.41. The van der Waals surface area contributed by atoms with Crippen molar-refractivity contribution in [2.45, 2.75) is 76.0 Å². The number of carbonyl (C=O) groups excluding carboxylic acids is 3. The Morgan fingerprint density at radius 1 is 1.12 bits per heavy atom. The number of nitrogens with zero attached hydrogens (tertiary/aromatic N) is 1. The minimum Gasteiger partial charge on any atom is -0.396 e. The summed E-state index contributed by atoms with van der Waals surface area (Å²) < 4.78 is 6.69. The van der Waals surface area contributed by atoms with Crippen molar-refractivity contribution >= 4 is 23.4 Å². The van der Waals surface area contributed by atoms with E-state index >= 15 is 0 Å². The molecule has 1 aromatic carbocycles. The third-order valence-electron chi connectivity index (χ3n) is 7.89. The molecule has 3 amide bonds. The second kappa shape index (κ2) is 10.0. The lowest BCUT2D eigenvalue weighted by molar-refractivity contribution is -0.146. The van der Waals surface area contributed by atoms with E-state index in [4.69, 9.17) is 4.74 Å². The van der Waals surface area contributed by atoms with Gasteiger partial charge in [-0.25, -0.2) is 0 Å². The number of nitrogens with one attached hydrogen (secondary N) is 2.